The molecule has 0 amide bonds. The molecular formula is C14H28N2O2. The fraction of sp³-hybridized carbons (Fsp3) is 1.00. The second-order valence-corrected chi connectivity index (χ2v) is 5.97. The molecule has 1 saturated heterocycles. The summed E-state index contributed by atoms with van der Waals surface area (Å²) in [6.07, 6.45) is 5.95. The van der Waals surface area contributed by atoms with Gasteiger partial charge in [-0.15, -0.1) is 0 Å². The molecule has 0 bridgehead atoms. The van der Waals surface area contributed by atoms with Gasteiger partial charge < -0.3 is 15.6 Å². The van der Waals surface area contributed by atoms with Crippen LogP contribution in [0.15, 0.2) is 0 Å². The zero-order valence-electron chi connectivity index (χ0n) is 11.6. The molecule has 0 radical (unpaired) electrons. The molecule has 1 aliphatic carbocycles. The number of hydrogen-bond acceptors (Lipinski definition) is 4. The second kappa shape index (κ2) is 6.33. The predicted molar refractivity (Wildman–Crippen MR) is 72.4 cm³/mol. The Labute approximate surface area is 110 Å². The summed E-state index contributed by atoms with van der Waals surface area (Å²) in [6.45, 7) is 6.38. The molecule has 3 atom stereocenters. The summed E-state index contributed by atoms with van der Waals surface area (Å²) in [5.41, 5.74) is 5.97. The van der Waals surface area contributed by atoms with Gasteiger partial charge in [0.15, 0.2) is 0 Å². The average molecular weight is 256 g/mol. The molecule has 2 aliphatic rings. The number of ether oxygens (including phenoxy) is 1. The molecule has 18 heavy (non-hydrogen) atoms. The van der Waals surface area contributed by atoms with Crippen LogP contribution in [0.2, 0.25) is 0 Å². The highest BCUT2D eigenvalue weighted by molar-refractivity contribution is 4.96. The molecule has 4 nitrogen and oxygen atoms in total. The minimum Gasteiger partial charge on any atom is -0.394 e. The van der Waals surface area contributed by atoms with Crippen molar-refractivity contribution in [1.29, 1.82) is 0 Å². The van der Waals surface area contributed by atoms with Crippen LogP contribution in [0.3, 0.4) is 0 Å². The van der Waals surface area contributed by atoms with Crippen molar-refractivity contribution in [2.45, 2.75) is 50.7 Å². The Balaban J connectivity index is 1.77. The molecule has 2 fully saturated rings. The highest BCUT2D eigenvalue weighted by Gasteiger charge is 2.38. The summed E-state index contributed by atoms with van der Waals surface area (Å²) >= 11 is 0. The fourth-order valence-electron chi connectivity index (χ4n) is 3.38. The summed E-state index contributed by atoms with van der Waals surface area (Å²) in [7, 11) is 0. The van der Waals surface area contributed by atoms with E-state index >= 15 is 0 Å². The van der Waals surface area contributed by atoms with Gasteiger partial charge in [-0.25, -0.2) is 0 Å². The fourth-order valence-corrected chi connectivity index (χ4v) is 3.38. The van der Waals surface area contributed by atoms with Crippen LogP contribution in [0.4, 0.5) is 0 Å². The minimum absolute atomic E-state index is 0.137. The summed E-state index contributed by atoms with van der Waals surface area (Å²) in [6, 6.07) is 0. The van der Waals surface area contributed by atoms with Crippen molar-refractivity contribution in [3.63, 3.8) is 0 Å². The molecule has 1 heterocycles. The first-order chi connectivity index (χ1) is 8.68. The largest absolute Gasteiger partial charge is 0.394 e. The average Bonchev–Trinajstić information content (AvgIpc) is 2.79. The lowest BCUT2D eigenvalue weighted by Crippen LogP contribution is -2.49. The number of nitrogens with two attached hydrogens (primary N) is 1. The molecule has 0 aromatic carbocycles. The normalized spacial score (nSPS) is 38.2. The standard InChI is InChI=1S/C14H28N2O2/c1-2-13-10-16(8-9-18-13)7-5-12-4-3-6-14(12,15)11-17/h12-13,17H,2-11,15H2,1H3. The lowest BCUT2D eigenvalue weighted by atomic mass is 9.86. The van der Waals surface area contributed by atoms with E-state index in [9.17, 15) is 5.11 Å². The number of nitrogens with zero attached hydrogens (tertiary/aromatic N) is 1. The first-order valence-electron chi connectivity index (χ1n) is 7.41. The van der Waals surface area contributed by atoms with E-state index in [1.54, 1.807) is 0 Å². The number of aliphatic hydroxyl groups is 1. The first-order valence-corrected chi connectivity index (χ1v) is 7.41. The third kappa shape index (κ3) is 3.23. The zero-order valence-corrected chi connectivity index (χ0v) is 11.6. The van der Waals surface area contributed by atoms with E-state index in [1.165, 1.54) is 12.8 Å². The van der Waals surface area contributed by atoms with Gasteiger partial charge in [0.05, 0.1) is 19.3 Å². The third-order valence-corrected chi connectivity index (χ3v) is 4.77. The molecular weight excluding hydrogens is 228 g/mol. The van der Waals surface area contributed by atoms with E-state index in [0.717, 1.165) is 45.5 Å². The number of hydrogen-bond donors (Lipinski definition) is 2. The van der Waals surface area contributed by atoms with E-state index in [1.807, 2.05) is 0 Å². The quantitative estimate of drug-likeness (QED) is 0.770. The van der Waals surface area contributed by atoms with Crippen LogP contribution in [0.5, 0.6) is 0 Å². The Morgan fingerprint density at radius 2 is 2.33 bits per heavy atom. The van der Waals surface area contributed by atoms with Gasteiger partial charge in [0.1, 0.15) is 0 Å². The Hall–Kier alpha value is -0.160. The molecule has 0 spiro atoms. The van der Waals surface area contributed by atoms with Gasteiger partial charge in [-0.1, -0.05) is 13.3 Å². The Morgan fingerprint density at radius 3 is 3.06 bits per heavy atom. The van der Waals surface area contributed by atoms with E-state index < -0.39 is 0 Å². The summed E-state index contributed by atoms with van der Waals surface area (Å²) in [5.74, 6) is 0.491. The van der Waals surface area contributed by atoms with Crippen LogP contribution < -0.4 is 5.73 Å². The molecule has 0 aromatic heterocycles. The maximum Gasteiger partial charge on any atom is 0.0700 e. The van der Waals surface area contributed by atoms with Crippen molar-refractivity contribution >= 4 is 0 Å². The highest BCUT2D eigenvalue weighted by atomic mass is 16.5. The van der Waals surface area contributed by atoms with Crippen molar-refractivity contribution in [3.05, 3.63) is 0 Å². The number of morpholine rings is 1. The van der Waals surface area contributed by atoms with E-state index in [0.29, 0.717) is 12.0 Å². The van der Waals surface area contributed by atoms with Crippen LogP contribution in [-0.2, 0) is 4.74 Å². The van der Waals surface area contributed by atoms with Crippen LogP contribution in [0.1, 0.15) is 39.0 Å². The molecule has 106 valence electrons. The third-order valence-electron chi connectivity index (χ3n) is 4.77. The Bertz CT molecular complexity index is 262. The highest BCUT2D eigenvalue weighted by Crippen LogP contribution is 2.35. The summed E-state index contributed by atoms with van der Waals surface area (Å²) < 4.78 is 5.68. The van der Waals surface area contributed by atoms with Gasteiger partial charge >= 0.3 is 0 Å². The molecule has 4 heteroatoms. The topological polar surface area (TPSA) is 58.7 Å². The monoisotopic (exact) mass is 256 g/mol. The van der Waals surface area contributed by atoms with E-state index in [-0.39, 0.29) is 12.1 Å². The zero-order chi connectivity index (χ0) is 13.0. The van der Waals surface area contributed by atoms with Crippen LogP contribution in [0, 0.1) is 5.92 Å². The van der Waals surface area contributed by atoms with Crippen molar-refractivity contribution in [2.75, 3.05) is 32.8 Å². The van der Waals surface area contributed by atoms with Gasteiger partial charge in [0, 0.05) is 18.6 Å². The van der Waals surface area contributed by atoms with Crippen molar-refractivity contribution in [1.82, 2.24) is 4.90 Å². The maximum atomic E-state index is 9.45. The smallest absolute Gasteiger partial charge is 0.0700 e. The van der Waals surface area contributed by atoms with Crippen LogP contribution >= 0.6 is 0 Å². The lowest BCUT2D eigenvalue weighted by Gasteiger charge is -2.35. The van der Waals surface area contributed by atoms with Crippen molar-refractivity contribution < 1.29 is 9.84 Å². The SMILES string of the molecule is CCC1CN(CCC2CCCC2(N)CO)CCO1. The predicted octanol–water partition coefficient (Wildman–Crippen LogP) is 0.977. The van der Waals surface area contributed by atoms with Crippen LogP contribution in [-0.4, -0.2) is 54.5 Å². The summed E-state index contributed by atoms with van der Waals surface area (Å²) in [4.78, 5) is 2.49. The number of rotatable bonds is 5. The molecule has 1 saturated carbocycles. The molecule has 3 unspecified atom stereocenters. The van der Waals surface area contributed by atoms with E-state index in [4.69, 9.17) is 10.5 Å². The van der Waals surface area contributed by atoms with Gasteiger partial charge in [-0.05, 0) is 38.1 Å². The first kappa shape index (κ1) is 14.3. The molecule has 1 aliphatic heterocycles. The van der Waals surface area contributed by atoms with Crippen molar-refractivity contribution in [2.24, 2.45) is 11.7 Å². The maximum absolute atomic E-state index is 9.45. The summed E-state index contributed by atoms with van der Waals surface area (Å²) in [5, 5.41) is 9.45. The van der Waals surface area contributed by atoms with Crippen molar-refractivity contribution in [3.8, 4) is 0 Å². The number of aliphatic hydroxyl groups excluding tert-OH is 1. The molecule has 0 aromatic rings. The molecule has 2 rings (SSSR count). The molecule has 3 N–H and O–H groups in total. The lowest BCUT2D eigenvalue weighted by molar-refractivity contribution is -0.0319. The van der Waals surface area contributed by atoms with Gasteiger partial charge in [0.2, 0.25) is 0 Å². The van der Waals surface area contributed by atoms with E-state index in [2.05, 4.69) is 11.8 Å². The van der Waals surface area contributed by atoms with Gasteiger partial charge in [0.25, 0.3) is 0 Å². The van der Waals surface area contributed by atoms with Gasteiger partial charge in [-0.3, -0.25) is 4.90 Å². The van der Waals surface area contributed by atoms with Gasteiger partial charge in [-0.2, -0.15) is 0 Å². The Morgan fingerprint density at radius 1 is 1.50 bits per heavy atom. The van der Waals surface area contributed by atoms with Crippen LogP contribution in [0.25, 0.3) is 0 Å². The Kier molecular flexibility index (Phi) is 5.01. The second-order valence-electron chi connectivity index (χ2n) is 5.97. The minimum atomic E-state index is -0.309.